The summed E-state index contributed by atoms with van der Waals surface area (Å²) in [5, 5.41) is 9.35. The van der Waals surface area contributed by atoms with Gasteiger partial charge >= 0.3 is 5.97 Å². The summed E-state index contributed by atoms with van der Waals surface area (Å²) >= 11 is 0. The molecule has 2 rings (SSSR count). The number of benzene rings is 2. The van der Waals surface area contributed by atoms with Gasteiger partial charge in [0, 0.05) is 11.6 Å². The third-order valence-corrected chi connectivity index (χ3v) is 3.53. The average Bonchev–Trinajstić information content (AvgIpc) is 2.54. The lowest BCUT2D eigenvalue weighted by molar-refractivity contribution is -0.145. The SMILES string of the molecule is CCC(N)Cc1ccc(OC(C(=O)O)c2ccccc2)cc1. The second-order valence-electron chi connectivity index (χ2n) is 5.26. The van der Waals surface area contributed by atoms with Gasteiger partial charge in [0.05, 0.1) is 0 Å². The van der Waals surface area contributed by atoms with Gasteiger partial charge in [-0.15, -0.1) is 0 Å². The normalized spacial score (nSPS) is 13.4. The summed E-state index contributed by atoms with van der Waals surface area (Å²) in [5.74, 6) is -0.478. The molecule has 0 bridgehead atoms. The Balaban J connectivity index is 2.09. The highest BCUT2D eigenvalue weighted by molar-refractivity contribution is 5.74. The Labute approximate surface area is 130 Å². The van der Waals surface area contributed by atoms with Crippen LogP contribution in [0.3, 0.4) is 0 Å². The van der Waals surface area contributed by atoms with Crippen molar-refractivity contribution >= 4 is 5.97 Å². The maximum absolute atomic E-state index is 11.4. The van der Waals surface area contributed by atoms with Crippen LogP contribution in [0.25, 0.3) is 0 Å². The van der Waals surface area contributed by atoms with Gasteiger partial charge in [0.25, 0.3) is 0 Å². The number of aliphatic carboxylic acids is 1. The molecule has 0 spiro atoms. The molecule has 0 radical (unpaired) electrons. The van der Waals surface area contributed by atoms with Crippen LogP contribution in [0.2, 0.25) is 0 Å². The van der Waals surface area contributed by atoms with Crippen molar-refractivity contribution in [3.05, 3.63) is 65.7 Å². The van der Waals surface area contributed by atoms with Crippen molar-refractivity contribution in [2.45, 2.75) is 31.9 Å². The number of carbonyl (C=O) groups is 1. The lowest BCUT2D eigenvalue weighted by Gasteiger charge is -2.16. The van der Waals surface area contributed by atoms with Gasteiger partial charge in [-0.3, -0.25) is 0 Å². The topological polar surface area (TPSA) is 72.5 Å². The van der Waals surface area contributed by atoms with Gasteiger partial charge in [0.15, 0.2) is 0 Å². The highest BCUT2D eigenvalue weighted by atomic mass is 16.5. The van der Waals surface area contributed by atoms with E-state index >= 15 is 0 Å². The van der Waals surface area contributed by atoms with Crippen molar-refractivity contribution in [1.29, 1.82) is 0 Å². The molecule has 0 aliphatic rings. The summed E-state index contributed by atoms with van der Waals surface area (Å²) < 4.78 is 5.62. The van der Waals surface area contributed by atoms with Gasteiger partial charge in [0.2, 0.25) is 6.10 Å². The van der Waals surface area contributed by atoms with Crippen molar-refractivity contribution in [1.82, 2.24) is 0 Å². The summed E-state index contributed by atoms with van der Waals surface area (Å²) in [6.07, 6.45) is 0.718. The molecule has 2 aromatic rings. The Bertz CT molecular complexity index is 595. The highest BCUT2D eigenvalue weighted by Gasteiger charge is 2.21. The monoisotopic (exact) mass is 299 g/mol. The number of carboxylic acids is 1. The van der Waals surface area contributed by atoms with Crippen molar-refractivity contribution in [3.63, 3.8) is 0 Å². The standard InChI is InChI=1S/C18H21NO3/c1-2-15(19)12-13-8-10-16(11-9-13)22-17(18(20)21)14-6-4-3-5-7-14/h3-11,15,17H,2,12,19H2,1H3,(H,20,21). The minimum Gasteiger partial charge on any atom is -0.478 e. The van der Waals surface area contributed by atoms with Gasteiger partial charge in [0.1, 0.15) is 5.75 Å². The predicted molar refractivity (Wildman–Crippen MR) is 85.9 cm³/mol. The van der Waals surface area contributed by atoms with Crippen LogP contribution >= 0.6 is 0 Å². The molecule has 116 valence electrons. The van der Waals surface area contributed by atoms with E-state index in [1.807, 2.05) is 18.2 Å². The Hall–Kier alpha value is -2.33. The van der Waals surface area contributed by atoms with Gasteiger partial charge in [-0.25, -0.2) is 4.79 Å². The van der Waals surface area contributed by atoms with Crippen molar-refractivity contribution in [3.8, 4) is 5.75 Å². The van der Waals surface area contributed by atoms with Crippen LogP contribution in [0.15, 0.2) is 54.6 Å². The lowest BCUT2D eigenvalue weighted by Crippen LogP contribution is -2.21. The van der Waals surface area contributed by atoms with E-state index in [0.29, 0.717) is 11.3 Å². The molecular formula is C18H21NO3. The molecule has 0 heterocycles. The Morgan fingerprint density at radius 1 is 1.14 bits per heavy atom. The summed E-state index contributed by atoms with van der Waals surface area (Å²) in [6, 6.07) is 16.5. The van der Waals surface area contributed by atoms with Gasteiger partial charge in [-0.2, -0.15) is 0 Å². The van der Waals surface area contributed by atoms with E-state index in [2.05, 4.69) is 6.92 Å². The third-order valence-electron chi connectivity index (χ3n) is 3.53. The second kappa shape index (κ2) is 7.61. The summed E-state index contributed by atoms with van der Waals surface area (Å²) in [4.78, 5) is 11.4. The van der Waals surface area contributed by atoms with E-state index in [1.165, 1.54) is 0 Å². The van der Waals surface area contributed by atoms with Gasteiger partial charge < -0.3 is 15.6 Å². The number of carboxylic acid groups (broad SMARTS) is 1. The molecule has 0 aromatic heterocycles. The van der Waals surface area contributed by atoms with Crippen molar-refractivity contribution in [2.24, 2.45) is 5.73 Å². The minimum absolute atomic E-state index is 0.142. The zero-order valence-electron chi connectivity index (χ0n) is 12.6. The molecule has 2 atom stereocenters. The largest absolute Gasteiger partial charge is 0.478 e. The first-order chi connectivity index (χ1) is 10.6. The van der Waals surface area contributed by atoms with E-state index in [-0.39, 0.29) is 6.04 Å². The van der Waals surface area contributed by atoms with E-state index < -0.39 is 12.1 Å². The molecule has 3 N–H and O–H groups in total. The fraction of sp³-hybridized carbons (Fsp3) is 0.278. The van der Waals surface area contributed by atoms with Gasteiger partial charge in [-0.1, -0.05) is 49.4 Å². The fourth-order valence-electron chi connectivity index (χ4n) is 2.18. The Morgan fingerprint density at radius 2 is 1.77 bits per heavy atom. The fourth-order valence-corrected chi connectivity index (χ4v) is 2.18. The molecule has 0 fully saturated rings. The van der Waals surface area contributed by atoms with Crippen LogP contribution < -0.4 is 10.5 Å². The highest BCUT2D eigenvalue weighted by Crippen LogP contribution is 2.23. The second-order valence-corrected chi connectivity index (χ2v) is 5.26. The Morgan fingerprint density at radius 3 is 2.32 bits per heavy atom. The first-order valence-electron chi connectivity index (χ1n) is 7.39. The van der Waals surface area contributed by atoms with Crippen LogP contribution in [0.1, 0.15) is 30.6 Å². The molecule has 0 amide bonds. The molecule has 0 saturated heterocycles. The molecular weight excluding hydrogens is 278 g/mol. The molecule has 0 saturated carbocycles. The first kappa shape index (κ1) is 16.0. The molecule has 4 nitrogen and oxygen atoms in total. The van der Waals surface area contributed by atoms with E-state index in [9.17, 15) is 9.90 Å². The summed E-state index contributed by atoms with van der Waals surface area (Å²) in [5.41, 5.74) is 7.67. The molecule has 4 heteroatoms. The van der Waals surface area contributed by atoms with E-state index in [4.69, 9.17) is 10.5 Å². The number of ether oxygens (including phenoxy) is 1. The number of rotatable bonds is 7. The van der Waals surface area contributed by atoms with Crippen LogP contribution in [0, 0.1) is 0 Å². The van der Waals surface area contributed by atoms with Crippen molar-refractivity contribution in [2.75, 3.05) is 0 Å². The summed E-state index contributed by atoms with van der Waals surface area (Å²) in [7, 11) is 0. The maximum atomic E-state index is 11.4. The van der Waals surface area contributed by atoms with E-state index in [0.717, 1.165) is 18.4 Å². The number of hydrogen-bond donors (Lipinski definition) is 2. The molecule has 0 aliphatic heterocycles. The number of hydrogen-bond acceptors (Lipinski definition) is 3. The maximum Gasteiger partial charge on any atom is 0.349 e. The molecule has 2 unspecified atom stereocenters. The van der Waals surface area contributed by atoms with Crippen molar-refractivity contribution < 1.29 is 14.6 Å². The average molecular weight is 299 g/mol. The molecule has 2 aromatic carbocycles. The number of nitrogens with two attached hydrogens (primary N) is 1. The molecule has 22 heavy (non-hydrogen) atoms. The van der Waals surface area contributed by atoms with Crippen LogP contribution in [0.5, 0.6) is 5.75 Å². The van der Waals surface area contributed by atoms with E-state index in [1.54, 1.807) is 36.4 Å². The van der Waals surface area contributed by atoms with Crippen LogP contribution in [0.4, 0.5) is 0 Å². The zero-order valence-corrected chi connectivity index (χ0v) is 12.6. The molecule has 0 aliphatic carbocycles. The minimum atomic E-state index is -1.01. The summed E-state index contributed by atoms with van der Waals surface area (Å²) in [6.45, 7) is 2.06. The quantitative estimate of drug-likeness (QED) is 0.823. The zero-order chi connectivity index (χ0) is 15.9. The Kier molecular flexibility index (Phi) is 5.55. The van der Waals surface area contributed by atoms with Crippen LogP contribution in [-0.2, 0) is 11.2 Å². The first-order valence-corrected chi connectivity index (χ1v) is 7.39. The lowest BCUT2D eigenvalue weighted by atomic mass is 10.0. The smallest absolute Gasteiger partial charge is 0.349 e. The third kappa shape index (κ3) is 4.33. The van der Waals surface area contributed by atoms with Crippen LogP contribution in [-0.4, -0.2) is 17.1 Å². The predicted octanol–water partition coefficient (Wildman–Crippen LogP) is 3.17. The van der Waals surface area contributed by atoms with Gasteiger partial charge in [-0.05, 0) is 30.5 Å².